The zero-order valence-electron chi connectivity index (χ0n) is 17.7. The van der Waals surface area contributed by atoms with Crippen molar-refractivity contribution in [3.63, 3.8) is 0 Å². The van der Waals surface area contributed by atoms with Crippen LogP contribution in [-0.4, -0.2) is 5.97 Å². The molecule has 0 aliphatic carbocycles. The summed E-state index contributed by atoms with van der Waals surface area (Å²) in [7, 11) is 0. The first kappa shape index (κ1) is 20.5. The summed E-state index contributed by atoms with van der Waals surface area (Å²) in [5.74, 6) is -1.17. The van der Waals surface area contributed by atoms with Crippen LogP contribution >= 0.6 is 0 Å². The van der Waals surface area contributed by atoms with Crippen molar-refractivity contribution in [3.05, 3.63) is 111 Å². The van der Waals surface area contributed by atoms with Gasteiger partial charge in [-0.2, -0.15) is 0 Å². The third kappa shape index (κ3) is 3.72. The van der Waals surface area contributed by atoms with E-state index in [9.17, 15) is 14.4 Å². The van der Waals surface area contributed by atoms with Crippen molar-refractivity contribution >= 4 is 27.9 Å². The van der Waals surface area contributed by atoms with Crippen LogP contribution in [0.2, 0.25) is 0 Å². The number of carbonyl (C=O) groups is 1. The molecule has 5 aromatic rings. The zero-order chi connectivity index (χ0) is 22.9. The number of carbonyl (C=O) groups excluding carboxylic acids is 1. The number of benzene rings is 3. The highest BCUT2D eigenvalue weighted by molar-refractivity contribution is 5.95. The molecule has 0 N–H and O–H groups in total. The van der Waals surface area contributed by atoms with Gasteiger partial charge in [-0.15, -0.1) is 0 Å². The maximum absolute atomic E-state index is 13.4. The molecule has 3 aromatic carbocycles. The maximum Gasteiger partial charge on any atom is 0.351 e. The molecular formula is C27H18O6. The minimum atomic E-state index is -0.995. The Morgan fingerprint density at radius 2 is 1.61 bits per heavy atom. The molecule has 0 spiro atoms. The number of rotatable bonds is 4. The van der Waals surface area contributed by atoms with Crippen LogP contribution in [0.4, 0.5) is 0 Å². The Bertz CT molecular complexity index is 1630. The lowest BCUT2D eigenvalue weighted by Crippen LogP contribution is -2.22. The predicted molar refractivity (Wildman–Crippen MR) is 125 cm³/mol. The Labute approximate surface area is 187 Å². The van der Waals surface area contributed by atoms with E-state index in [0.717, 1.165) is 12.0 Å². The van der Waals surface area contributed by atoms with Gasteiger partial charge in [0.15, 0.2) is 5.76 Å². The first-order valence-corrected chi connectivity index (χ1v) is 10.5. The fourth-order valence-electron chi connectivity index (χ4n) is 3.67. The average molecular weight is 438 g/mol. The van der Waals surface area contributed by atoms with Gasteiger partial charge in [0.05, 0.1) is 5.39 Å². The molecule has 0 saturated heterocycles. The summed E-state index contributed by atoms with van der Waals surface area (Å²) in [5, 5.41) is 0.854. The van der Waals surface area contributed by atoms with Crippen molar-refractivity contribution in [2.24, 2.45) is 0 Å². The van der Waals surface area contributed by atoms with Crippen LogP contribution < -0.4 is 15.8 Å². The van der Waals surface area contributed by atoms with Crippen LogP contribution in [0.3, 0.4) is 0 Å². The van der Waals surface area contributed by atoms with Crippen molar-refractivity contribution in [2.45, 2.75) is 13.3 Å². The number of para-hydroxylation sites is 1. The van der Waals surface area contributed by atoms with Gasteiger partial charge in [0.2, 0.25) is 11.2 Å². The Morgan fingerprint density at radius 1 is 0.848 bits per heavy atom. The lowest BCUT2D eigenvalue weighted by molar-refractivity contribution is 0.0727. The first-order chi connectivity index (χ1) is 16.0. The summed E-state index contributed by atoms with van der Waals surface area (Å²) in [5.41, 5.74) is 0.568. The molecule has 2 heterocycles. The molecule has 33 heavy (non-hydrogen) atoms. The van der Waals surface area contributed by atoms with Gasteiger partial charge in [-0.05, 0) is 36.2 Å². The number of fused-ring (bicyclic) bond motifs is 2. The Hall–Kier alpha value is -4.45. The van der Waals surface area contributed by atoms with Crippen molar-refractivity contribution in [1.82, 2.24) is 0 Å². The summed E-state index contributed by atoms with van der Waals surface area (Å²) >= 11 is 0. The van der Waals surface area contributed by atoms with Crippen LogP contribution in [-0.2, 0) is 6.42 Å². The molecule has 0 aliphatic heterocycles. The van der Waals surface area contributed by atoms with Crippen LogP contribution in [0.25, 0.3) is 33.3 Å². The third-order valence-corrected chi connectivity index (χ3v) is 5.41. The van der Waals surface area contributed by atoms with E-state index < -0.39 is 17.0 Å². The number of hydrogen-bond donors (Lipinski definition) is 0. The molecule has 0 bridgehead atoms. The second kappa shape index (κ2) is 8.24. The van der Waals surface area contributed by atoms with Gasteiger partial charge in [0, 0.05) is 10.9 Å². The van der Waals surface area contributed by atoms with Gasteiger partial charge in [-0.1, -0.05) is 61.5 Å². The molecule has 0 atom stereocenters. The number of esters is 1. The highest BCUT2D eigenvalue weighted by Gasteiger charge is 2.23. The molecule has 6 heteroatoms. The van der Waals surface area contributed by atoms with Gasteiger partial charge >= 0.3 is 11.6 Å². The molecule has 0 fully saturated rings. The lowest BCUT2D eigenvalue weighted by atomic mass is 10.1. The molecule has 162 valence electrons. The molecular weight excluding hydrogens is 420 g/mol. The van der Waals surface area contributed by atoms with Crippen molar-refractivity contribution in [3.8, 4) is 17.1 Å². The SMILES string of the molecule is CCc1ccc2oc(-c3ccccc3)c(OC(=O)c3cc4ccccc4oc3=O)c(=O)c2c1. The van der Waals surface area contributed by atoms with Crippen molar-refractivity contribution < 1.29 is 18.4 Å². The van der Waals surface area contributed by atoms with Crippen molar-refractivity contribution in [1.29, 1.82) is 0 Å². The fourth-order valence-corrected chi connectivity index (χ4v) is 3.67. The van der Waals surface area contributed by atoms with Crippen LogP contribution in [0.15, 0.2) is 97.3 Å². The molecule has 0 saturated carbocycles. The van der Waals surface area contributed by atoms with E-state index in [1.807, 2.05) is 19.1 Å². The van der Waals surface area contributed by atoms with Crippen LogP contribution in [0.1, 0.15) is 22.8 Å². The summed E-state index contributed by atoms with van der Waals surface area (Å²) in [6.07, 6.45) is 0.725. The monoisotopic (exact) mass is 438 g/mol. The number of aryl methyl sites for hydroxylation is 1. The largest absolute Gasteiger partial charge is 0.452 e. The molecule has 6 nitrogen and oxygen atoms in total. The minimum absolute atomic E-state index is 0.107. The number of ether oxygens (including phenoxy) is 1. The highest BCUT2D eigenvalue weighted by Crippen LogP contribution is 2.31. The quantitative estimate of drug-likeness (QED) is 0.278. The lowest BCUT2D eigenvalue weighted by Gasteiger charge is -2.11. The van der Waals surface area contributed by atoms with Crippen LogP contribution in [0.5, 0.6) is 5.75 Å². The van der Waals surface area contributed by atoms with Gasteiger partial charge in [0.25, 0.3) is 0 Å². The average Bonchev–Trinajstić information content (AvgIpc) is 2.85. The number of hydrogen-bond acceptors (Lipinski definition) is 6. The van der Waals surface area contributed by atoms with E-state index in [1.165, 1.54) is 6.07 Å². The van der Waals surface area contributed by atoms with E-state index in [0.29, 0.717) is 27.5 Å². The van der Waals surface area contributed by atoms with Crippen LogP contribution in [0, 0.1) is 0 Å². The molecule has 0 aliphatic rings. The Morgan fingerprint density at radius 3 is 2.39 bits per heavy atom. The molecule has 0 radical (unpaired) electrons. The molecule has 0 amide bonds. The zero-order valence-corrected chi connectivity index (χ0v) is 17.7. The summed E-state index contributed by atoms with van der Waals surface area (Å²) in [6, 6.07) is 22.4. The molecule has 5 rings (SSSR count). The smallest absolute Gasteiger partial charge is 0.351 e. The Balaban J connectivity index is 1.69. The Kier molecular flexibility index (Phi) is 5.11. The van der Waals surface area contributed by atoms with E-state index >= 15 is 0 Å². The fraction of sp³-hybridized carbons (Fsp3) is 0.0741. The third-order valence-electron chi connectivity index (χ3n) is 5.41. The second-order valence-electron chi connectivity index (χ2n) is 7.51. The van der Waals surface area contributed by atoms with Gasteiger partial charge in [0.1, 0.15) is 16.7 Å². The summed E-state index contributed by atoms with van der Waals surface area (Å²) in [6.45, 7) is 1.97. The topological polar surface area (TPSA) is 86.7 Å². The molecule has 2 aromatic heterocycles. The molecule has 0 unspecified atom stereocenters. The van der Waals surface area contributed by atoms with E-state index in [1.54, 1.807) is 60.7 Å². The summed E-state index contributed by atoms with van der Waals surface area (Å²) in [4.78, 5) is 38.9. The predicted octanol–water partition coefficient (Wildman–Crippen LogP) is 5.35. The maximum atomic E-state index is 13.4. The van der Waals surface area contributed by atoms with Gasteiger partial charge in [-0.3, -0.25) is 4.79 Å². The van der Waals surface area contributed by atoms with E-state index in [2.05, 4.69) is 0 Å². The highest BCUT2D eigenvalue weighted by atomic mass is 16.5. The van der Waals surface area contributed by atoms with Crippen molar-refractivity contribution in [2.75, 3.05) is 0 Å². The van der Waals surface area contributed by atoms with Gasteiger partial charge < -0.3 is 13.6 Å². The van der Waals surface area contributed by atoms with E-state index in [-0.39, 0.29) is 17.1 Å². The van der Waals surface area contributed by atoms with Gasteiger partial charge in [-0.25, -0.2) is 9.59 Å². The normalized spacial score (nSPS) is 11.1. The minimum Gasteiger partial charge on any atom is -0.452 e. The standard InChI is InChI=1S/C27H18O6/c1-2-16-12-13-22-19(14-16)23(28)25(24(31-22)17-8-4-3-5-9-17)33-27(30)20-15-18-10-6-7-11-21(18)32-26(20)29/h3-15H,2H2,1H3. The van der Waals surface area contributed by atoms with E-state index in [4.69, 9.17) is 13.6 Å². The summed E-state index contributed by atoms with van der Waals surface area (Å²) < 4.78 is 16.8. The first-order valence-electron chi connectivity index (χ1n) is 10.5. The second-order valence-corrected chi connectivity index (χ2v) is 7.51.